The van der Waals surface area contributed by atoms with Crippen LogP contribution in [-0.2, 0) is 6.54 Å². The highest BCUT2D eigenvalue weighted by molar-refractivity contribution is 5.99. The number of aryl methyl sites for hydroxylation is 1. The van der Waals surface area contributed by atoms with Crippen molar-refractivity contribution in [2.24, 2.45) is 0 Å². The summed E-state index contributed by atoms with van der Waals surface area (Å²) in [6.07, 6.45) is 4.66. The quantitative estimate of drug-likeness (QED) is 0.774. The molecule has 1 amide bonds. The summed E-state index contributed by atoms with van der Waals surface area (Å²) in [5.41, 5.74) is 2.83. The zero-order valence-corrected chi connectivity index (χ0v) is 12.4. The van der Waals surface area contributed by atoms with Crippen molar-refractivity contribution in [1.29, 1.82) is 0 Å². The van der Waals surface area contributed by atoms with E-state index in [1.165, 1.54) is 18.3 Å². The molecule has 23 heavy (non-hydrogen) atoms. The van der Waals surface area contributed by atoms with Crippen LogP contribution in [0.25, 0.3) is 11.3 Å². The second-order valence-corrected chi connectivity index (χ2v) is 5.00. The van der Waals surface area contributed by atoms with Gasteiger partial charge in [-0.3, -0.25) is 19.9 Å². The van der Waals surface area contributed by atoms with Crippen LogP contribution in [0.5, 0.6) is 0 Å². The van der Waals surface area contributed by atoms with Gasteiger partial charge in [0, 0.05) is 11.8 Å². The maximum Gasteiger partial charge on any atom is 0.255 e. The van der Waals surface area contributed by atoms with Crippen molar-refractivity contribution in [3.63, 3.8) is 0 Å². The number of nitrogens with zero attached hydrogens (tertiary/aromatic N) is 3. The molecule has 0 unspecified atom stereocenters. The molecule has 0 saturated carbocycles. The third-order valence-corrected chi connectivity index (χ3v) is 3.26. The van der Waals surface area contributed by atoms with Crippen LogP contribution in [0.1, 0.15) is 21.7 Å². The van der Waals surface area contributed by atoms with Crippen LogP contribution >= 0.6 is 0 Å². The lowest BCUT2D eigenvalue weighted by molar-refractivity contribution is 0.0951. The van der Waals surface area contributed by atoms with Crippen molar-refractivity contribution in [3.8, 4) is 11.3 Å². The molecule has 0 aliphatic heterocycles. The average molecular weight is 311 g/mol. The molecule has 6 nitrogen and oxygen atoms in total. The van der Waals surface area contributed by atoms with Crippen molar-refractivity contribution < 1.29 is 9.18 Å². The summed E-state index contributed by atoms with van der Waals surface area (Å²) in [6, 6.07) is 5.97. The van der Waals surface area contributed by atoms with Crippen molar-refractivity contribution in [2.45, 2.75) is 13.5 Å². The number of aromatic amines is 1. The number of carbonyl (C=O) groups excluding carboxylic acids is 1. The minimum absolute atomic E-state index is 0.250. The van der Waals surface area contributed by atoms with Crippen LogP contribution in [0, 0.1) is 12.7 Å². The number of carbonyl (C=O) groups is 1. The lowest BCUT2D eigenvalue weighted by Gasteiger charge is -2.06. The normalized spacial score (nSPS) is 10.5. The van der Waals surface area contributed by atoms with Gasteiger partial charge in [-0.2, -0.15) is 5.10 Å². The maximum absolute atomic E-state index is 13.3. The molecule has 0 radical (unpaired) electrons. The van der Waals surface area contributed by atoms with E-state index >= 15 is 0 Å². The molecule has 3 aromatic rings. The van der Waals surface area contributed by atoms with Gasteiger partial charge >= 0.3 is 0 Å². The second kappa shape index (κ2) is 6.35. The fourth-order valence-corrected chi connectivity index (χ4v) is 2.10. The van der Waals surface area contributed by atoms with Gasteiger partial charge in [0.05, 0.1) is 41.6 Å². The van der Waals surface area contributed by atoms with E-state index in [9.17, 15) is 9.18 Å². The lowest BCUT2D eigenvalue weighted by atomic mass is 10.1. The van der Waals surface area contributed by atoms with Crippen molar-refractivity contribution in [3.05, 3.63) is 65.6 Å². The standard InChI is InChI=1S/C16H14FN5O/c1-10-6-19-13(7-18-10)8-20-16(23)14-9-21-22-15(14)11-3-2-4-12(17)5-11/h2-7,9H,8H2,1H3,(H,20,23)(H,21,22). The zero-order valence-electron chi connectivity index (χ0n) is 12.4. The van der Waals surface area contributed by atoms with Crippen LogP contribution in [0.4, 0.5) is 4.39 Å². The summed E-state index contributed by atoms with van der Waals surface area (Å²) in [6.45, 7) is 2.09. The summed E-state index contributed by atoms with van der Waals surface area (Å²) in [4.78, 5) is 20.6. The molecule has 0 aliphatic carbocycles. The van der Waals surface area contributed by atoms with Gasteiger partial charge in [-0.25, -0.2) is 4.39 Å². The molecule has 2 N–H and O–H groups in total. The van der Waals surface area contributed by atoms with E-state index in [2.05, 4.69) is 25.5 Å². The summed E-state index contributed by atoms with van der Waals surface area (Å²) >= 11 is 0. The van der Waals surface area contributed by atoms with Crippen molar-refractivity contribution >= 4 is 5.91 Å². The SMILES string of the molecule is Cc1cnc(CNC(=O)c2cn[nH]c2-c2cccc(F)c2)cn1. The number of hydrogen-bond acceptors (Lipinski definition) is 4. The highest BCUT2D eigenvalue weighted by atomic mass is 19.1. The van der Waals surface area contributed by atoms with Crippen LogP contribution in [0.2, 0.25) is 0 Å². The third-order valence-electron chi connectivity index (χ3n) is 3.26. The number of halogens is 1. The predicted molar refractivity (Wildman–Crippen MR) is 81.9 cm³/mol. The molecular formula is C16H14FN5O. The molecule has 0 bridgehead atoms. The Bertz CT molecular complexity index is 828. The Kier molecular flexibility index (Phi) is 4.09. The first kappa shape index (κ1) is 14.8. The average Bonchev–Trinajstić information content (AvgIpc) is 3.04. The molecule has 3 rings (SSSR count). The van der Waals surface area contributed by atoms with E-state index in [0.29, 0.717) is 22.5 Å². The number of hydrogen-bond donors (Lipinski definition) is 2. The number of rotatable bonds is 4. The summed E-state index contributed by atoms with van der Waals surface area (Å²) in [5, 5.41) is 9.36. The molecule has 0 spiro atoms. The van der Waals surface area contributed by atoms with Gasteiger partial charge in [-0.15, -0.1) is 0 Å². The third kappa shape index (κ3) is 3.39. The van der Waals surface area contributed by atoms with Gasteiger partial charge in [0.1, 0.15) is 5.82 Å². The molecule has 116 valence electrons. The number of H-pyrrole nitrogens is 1. The van der Waals surface area contributed by atoms with Gasteiger partial charge in [0.2, 0.25) is 0 Å². The lowest BCUT2D eigenvalue weighted by Crippen LogP contribution is -2.23. The largest absolute Gasteiger partial charge is 0.346 e. The monoisotopic (exact) mass is 311 g/mol. The number of nitrogens with one attached hydrogen (secondary N) is 2. The Morgan fingerprint density at radius 3 is 2.87 bits per heavy atom. The molecule has 2 aromatic heterocycles. The minimum Gasteiger partial charge on any atom is -0.346 e. The van der Waals surface area contributed by atoms with Crippen LogP contribution < -0.4 is 5.32 Å². The van der Waals surface area contributed by atoms with Crippen molar-refractivity contribution in [1.82, 2.24) is 25.5 Å². The summed E-state index contributed by atoms with van der Waals surface area (Å²) < 4.78 is 13.3. The number of benzene rings is 1. The van der Waals surface area contributed by atoms with Gasteiger partial charge in [0.25, 0.3) is 5.91 Å². The Morgan fingerprint density at radius 2 is 2.13 bits per heavy atom. The smallest absolute Gasteiger partial charge is 0.255 e. The van der Waals surface area contributed by atoms with E-state index in [4.69, 9.17) is 0 Å². The molecule has 0 fully saturated rings. The Morgan fingerprint density at radius 1 is 1.26 bits per heavy atom. The molecule has 1 aromatic carbocycles. The first-order chi connectivity index (χ1) is 11.1. The molecular weight excluding hydrogens is 297 g/mol. The molecule has 2 heterocycles. The number of aromatic nitrogens is 4. The fraction of sp³-hybridized carbons (Fsp3) is 0.125. The number of amides is 1. The first-order valence-electron chi connectivity index (χ1n) is 6.98. The van der Waals surface area contributed by atoms with Crippen LogP contribution in [-0.4, -0.2) is 26.1 Å². The Hall–Kier alpha value is -3.09. The van der Waals surface area contributed by atoms with Gasteiger partial charge in [0.15, 0.2) is 0 Å². The van der Waals surface area contributed by atoms with Crippen LogP contribution in [0.3, 0.4) is 0 Å². The summed E-state index contributed by atoms with van der Waals surface area (Å²) in [5.74, 6) is -0.696. The van der Waals surface area contributed by atoms with E-state index in [1.807, 2.05) is 6.92 Å². The van der Waals surface area contributed by atoms with Crippen molar-refractivity contribution in [2.75, 3.05) is 0 Å². The maximum atomic E-state index is 13.3. The van der Waals surface area contributed by atoms with E-state index in [-0.39, 0.29) is 18.3 Å². The highest BCUT2D eigenvalue weighted by Crippen LogP contribution is 2.21. The first-order valence-corrected chi connectivity index (χ1v) is 6.98. The highest BCUT2D eigenvalue weighted by Gasteiger charge is 2.15. The molecule has 0 aliphatic rings. The van der Waals surface area contributed by atoms with E-state index in [1.54, 1.807) is 24.5 Å². The molecule has 0 atom stereocenters. The Balaban J connectivity index is 1.76. The minimum atomic E-state index is -0.376. The van der Waals surface area contributed by atoms with E-state index < -0.39 is 0 Å². The summed E-state index contributed by atoms with van der Waals surface area (Å²) in [7, 11) is 0. The van der Waals surface area contributed by atoms with Gasteiger partial charge in [-0.05, 0) is 19.1 Å². The van der Waals surface area contributed by atoms with Gasteiger partial charge in [-0.1, -0.05) is 12.1 Å². The fourth-order valence-electron chi connectivity index (χ4n) is 2.10. The topological polar surface area (TPSA) is 83.6 Å². The second-order valence-electron chi connectivity index (χ2n) is 5.00. The van der Waals surface area contributed by atoms with Crippen LogP contribution in [0.15, 0.2) is 42.9 Å². The van der Waals surface area contributed by atoms with E-state index in [0.717, 1.165) is 5.69 Å². The Labute approximate surface area is 131 Å². The zero-order chi connectivity index (χ0) is 16.2. The molecule has 0 saturated heterocycles. The van der Waals surface area contributed by atoms with Gasteiger partial charge < -0.3 is 5.32 Å². The predicted octanol–water partition coefficient (Wildman–Crippen LogP) is 2.24. The molecule has 7 heteroatoms.